The molecule has 128 valence electrons. The van der Waals surface area contributed by atoms with E-state index in [2.05, 4.69) is 38.0 Å². The predicted molar refractivity (Wildman–Crippen MR) is 91.3 cm³/mol. The lowest BCUT2D eigenvalue weighted by Gasteiger charge is -2.28. The third kappa shape index (κ3) is 3.64. The highest BCUT2D eigenvalue weighted by Crippen LogP contribution is 2.42. The van der Waals surface area contributed by atoms with E-state index in [-0.39, 0.29) is 29.9 Å². The zero-order chi connectivity index (χ0) is 17.0. The van der Waals surface area contributed by atoms with Gasteiger partial charge in [-0.2, -0.15) is 5.10 Å². The molecule has 1 fully saturated rings. The lowest BCUT2D eigenvalue weighted by atomic mass is 9.84. The molecular formula is C16H20N4O3S. The molecule has 2 heterocycles. The minimum atomic E-state index is -0.646. The van der Waals surface area contributed by atoms with Gasteiger partial charge in [-0.3, -0.25) is 14.6 Å². The van der Waals surface area contributed by atoms with Gasteiger partial charge in [-0.25, -0.2) is 9.89 Å². The SMILES string of the molecule is O=C(CCc1n[nH]c(=O)[nH]c1=O)NCC1(c2cccs2)CCCC1. The van der Waals surface area contributed by atoms with Crippen LogP contribution in [0, 0.1) is 0 Å². The van der Waals surface area contributed by atoms with Gasteiger partial charge in [-0.15, -0.1) is 11.3 Å². The second-order valence-electron chi connectivity index (χ2n) is 6.20. The topological polar surface area (TPSA) is 108 Å². The molecule has 0 saturated heterocycles. The van der Waals surface area contributed by atoms with E-state index >= 15 is 0 Å². The number of thiophene rings is 1. The molecule has 1 aliphatic carbocycles. The van der Waals surface area contributed by atoms with Crippen molar-refractivity contribution in [3.05, 3.63) is 48.9 Å². The van der Waals surface area contributed by atoms with Gasteiger partial charge in [0.05, 0.1) is 0 Å². The van der Waals surface area contributed by atoms with Crippen LogP contribution in [0.25, 0.3) is 0 Å². The van der Waals surface area contributed by atoms with Crippen LogP contribution in [0.5, 0.6) is 0 Å². The number of hydrogen-bond donors (Lipinski definition) is 3. The first-order valence-electron chi connectivity index (χ1n) is 8.08. The lowest BCUT2D eigenvalue weighted by molar-refractivity contribution is -0.121. The molecule has 24 heavy (non-hydrogen) atoms. The van der Waals surface area contributed by atoms with Gasteiger partial charge < -0.3 is 5.32 Å². The van der Waals surface area contributed by atoms with E-state index in [1.165, 1.54) is 17.7 Å². The predicted octanol–water partition coefficient (Wildman–Crippen LogP) is 1.08. The molecule has 2 aromatic heterocycles. The second kappa shape index (κ2) is 7.12. The fourth-order valence-electron chi connectivity index (χ4n) is 3.27. The molecule has 0 aliphatic heterocycles. The van der Waals surface area contributed by atoms with Crippen molar-refractivity contribution in [2.75, 3.05) is 6.54 Å². The third-order valence-corrected chi connectivity index (χ3v) is 5.72. The van der Waals surface area contributed by atoms with Gasteiger partial charge in [-0.1, -0.05) is 18.9 Å². The molecule has 3 N–H and O–H groups in total. The summed E-state index contributed by atoms with van der Waals surface area (Å²) in [6.07, 6.45) is 4.92. The lowest BCUT2D eigenvalue weighted by Crippen LogP contribution is -2.38. The van der Waals surface area contributed by atoms with Gasteiger partial charge in [0.1, 0.15) is 5.69 Å². The fraction of sp³-hybridized carbons (Fsp3) is 0.500. The number of aromatic amines is 2. The molecular weight excluding hydrogens is 328 g/mol. The second-order valence-corrected chi connectivity index (χ2v) is 7.14. The standard InChI is InChI=1S/C16H20N4O3S/c21-13(6-5-11-14(22)18-15(23)20-19-11)17-10-16(7-1-2-8-16)12-4-3-9-24-12/h3-4,9H,1-2,5-8,10H2,(H,17,21)(H2,18,20,22,23). The molecule has 0 unspecified atom stereocenters. The first kappa shape index (κ1) is 16.6. The molecule has 0 aromatic carbocycles. The first-order valence-corrected chi connectivity index (χ1v) is 8.96. The Morgan fingerprint density at radius 2 is 2.12 bits per heavy atom. The molecule has 2 aromatic rings. The number of rotatable bonds is 6. The average molecular weight is 348 g/mol. The van der Waals surface area contributed by atoms with Crippen molar-refractivity contribution < 1.29 is 4.79 Å². The number of carbonyl (C=O) groups is 1. The maximum absolute atomic E-state index is 12.1. The van der Waals surface area contributed by atoms with Crippen LogP contribution < -0.4 is 16.6 Å². The quantitative estimate of drug-likeness (QED) is 0.726. The molecule has 3 rings (SSSR count). The van der Waals surface area contributed by atoms with E-state index in [4.69, 9.17) is 0 Å². The van der Waals surface area contributed by atoms with E-state index in [1.807, 2.05) is 0 Å². The van der Waals surface area contributed by atoms with Gasteiger partial charge >= 0.3 is 5.69 Å². The fourth-order valence-corrected chi connectivity index (χ4v) is 4.26. The molecule has 0 bridgehead atoms. The Balaban J connectivity index is 1.57. The Hall–Kier alpha value is -2.22. The number of aromatic nitrogens is 3. The summed E-state index contributed by atoms with van der Waals surface area (Å²) < 4.78 is 0. The van der Waals surface area contributed by atoms with Crippen molar-refractivity contribution in [2.24, 2.45) is 0 Å². The van der Waals surface area contributed by atoms with Crippen LogP contribution in [-0.4, -0.2) is 27.6 Å². The van der Waals surface area contributed by atoms with Crippen LogP contribution in [0.1, 0.15) is 42.7 Å². The molecule has 7 nitrogen and oxygen atoms in total. The first-order chi connectivity index (χ1) is 11.6. The molecule has 1 amide bonds. The van der Waals surface area contributed by atoms with Gasteiger partial charge in [0.2, 0.25) is 5.91 Å². The minimum Gasteiger partial charge on any atom is -0.355 e. The number of hydrogen-bond acceptors (Lipinski definition) is 5. The van der Waals surface area contributed by atoms with Crippen molar-refractivity contribution in [3.63, 3.8) is 0 Å². The summed E-state index contributed by atoms with van der Waals surface area (Å²) in [7, 11) is 0. The summed E-state index contributed by atoms with van der Waals surface area (Å²) in [6.45, 7) is 0.627. The summed E-state index contributed by atoms with van der Waals surface area (Å²) in [5.41, 5.74) is -0.972. The van der Waals surface area contributed by atoms with Gasteiger partial charge in [0, 0.05) is 29.7 Å². The van der Waals surface area contributed by atoms with Gasteiger partial charge in [-0.05, 0) is 24.3 Å². The minimum absolute atomic E-state index is 0.0531. The van der Waals surface area contributed by atoms with Crippen LogP contribution in [0.3, 0.4) is 0 Å². The zero-order valence-corrected chi connectivity index (χ0v) is 14.1. The van der Waals surface area contributed by atoms with Gasteiger partial charge in [0.15, 0.2) is 0 Å². The summed E-state index contributed by atoms with van der Waals surface area (Å²) in [6, 6.07) is 4.20. The van der Waals surface area contributed by atoms with Crippen molar-refractivity contribution in [2.45, 2.75) is 43.9 Å². The largest absolute Gasteiger partial charge is 0.355 e. The zero-order valence-electron chi connectivity index (χ0n) is 13.3. The molecule has 1 saturated carbocycles. The number of carbonyl (C=O) groups excluding carboxylic acids is 1. The summed E-state index contributed by atoms with van der Waals surface area (Å²) >= 11 is 1.74. The number of nitrogens with zero attached hydrogens (tertiary/aromatic N) is 1. The summed E-state index contributed by atoms with van der Waals surface area (Å²) in [5.74, 6) is -0.106. The number of aryl methyl sites for hydroxylation is 1. The van der Waals surface area contributed by atoms with Crippen LogP contribution >= 0.6 is 11.3 Å². The number of nitrogens with one attached hydrogen (secondary N) is 3. The van der Waals surface area contributed by atoms with Crippen LogP contribution in [0.4, 0.5) is 0 Å². The highest BCUT2D eigenvalue weighted by molar-refractivity contribution is 7.10. The normalized spacial score (nSPS) is 16.2. The average Bonchev–Trinajstić information content (AvgIpc) is 3.24. The Morgan fingerprint density at radius 1 is 1.33 bits per heavy atom. The Kier molecular flexibility index (Phi) is 4.94. The molecule has 0 spiro atoms. The molecule has 8 heteroatoms. The summed E-state index contributed by atoms with van der Waals surface area (Å²) in [4.78, 5) is 38.1. The smallest absolute Gasteiger partial charge is 0.342 e. The third-order valence-electron chi connectivity index (χ3n) is 4.60. The summed E-state index contributed by atoms with van der Waals surface area (Å²) in [5, 5.41) is 10.9. The van der Waals surface area contributed by atoms with Crippen molar-refractivity contribution in [1.29, 1.82) is 0 Å². The van der Waals surface area contributed by atoms with Gasteiger partial charge in [0.25, 0.3) is 5.56 Å². The number of H-pyrrole nitrogens is 2. The number of amides is 1. The van der Waals surface area contributed by atoms with E-state index in [0.717, 1.165) is 12.8 Å². The van der Waals surface area contributed by atoms with E-state index < -0.39 is 11.2 Å². The molecule has 0 atom stereocenters. The van der Waals surface area contributed by atoms with E-state index in [9.17, 15) is 14.4 Å². The maximum atomic E-state index is 12.1. The monoisotopic (exact) mass is 348 g/mol. The van der Waals surface area contributed by atoms with Crippen LogP contribution in [0.2, 0.25) is 0 Å². The van der Waals surface area contributed by atoms with Crippen LogP contribution in [-0.2, 0) is 16.6 Å². The maximum Gasteiger partial charge on any atom is 0.342 e. The van der Waals surface area contributed by atoms with E-state index in [1.54, 1.807) is 11.3 Å². The van der Waals surface area contributed by atoms with Crippen LogP contribution in [0.15, 0.2) is 27.1 Å². The highest BCUT2D eigenvalue weighted by atomic mass is 32.1. The van der Waals surface area contributed by atoms with E-state index in [0.29, 0.717) is 6.54 Å². The Morgan fingerprint density at radius 3 is 2.79 bits per heavy atom. The Bertz CT molecular complexity index is 803. The van der Waals surface area contributed by atoms with Crippen molar-refractivity contribution in [3.8, 4) is 0 Å². The molecule has 1 aliphatic rings. The van der Waals surface area contributed by atoms with Crippen molar-refractivity contribution >= 4 is 17.2 Å². The van der Waals surface area contributed by atoms with Crippen molar-refractivity contribution in [1.82, 2.24) is 20.5 Å². The highest BCUT2D eigenvalue weighted by Gasteiger charge is 2.36. The molecule has 0 radical (unpaired) electrons. The Labute approximate surface area is 142 Å².